The summed E-state index contributed by atoms with van der Waals surface area (Å²) >= 11 is 6.06. The summed E-state index contributed by atoms with van der Waals surface area (Å²) in [6.07, 6.45) is 1.86. The highest BCUT2D eigenvalue weighted by molar-refractivity contribution is 6.35. The van der Waals surface area contributed by atoms with E-state index in [1.54, 1.807) is 18.2 Å². The highest BCUT2D eigenvalue weighted by atomic mass is 35.5. The molecule has 0 aliphatic carbocycles. The van der Waals surface area contributed by atoms with Gasteiger partial charge >= 0.3 is 0 Å². The van der Waals surface area contributed by atoms with Crippen molar-refractivity contribution in [1.29, 1.82) is 0 Å². The zero-order chi connectivity index (χ0) is 14.3. The Morgan fingerprint density at radius 3 is 2.95 bits per heavy atom. The third kappa shape index (κ3) is 2.23. The fourth-order valence-electron chi connectivity index (χ4n) is 2.74. The van der Waals surface area contributed by atoms with Crippen LogP contribution in [0.4, 0.5) is 10.1 Å². The van der Waals surface area contributed by atoms with Gasteiger partial charge in [-0.1, -0.05) is 18.5 Å². The first-order valence-electron chi connectivity index (χ1n) is 6.73. The topological polar surface area (TPSA) is 36.4 Å². The van der Waals surface area contributed by atoms with E-state index < -0.39 is 0 Å². The maximum absolute atomic E-state index is 14.6. The Hall–Kier alpha value is -1.39. The molecule has 0 amide bonds. The van der Waals surface area contributed by atoms with Gasteiger partial charge in [0, 0.05) is 24.7 Å². The van der Waals surface area contributed by atoms with Gasteiger partial charge in [-0.15, -0.1) is 0 Å². The minimum absolute atomic E-state index is 0.131. The number of rotatable bonds is 1. The molecule has 1 N–H and O–H groups in total. The van der Waals surface area contributed by atoms with E-state index in [0.29, 0.717) is 41.1 Å². The maximum atomic E-state index is 14.6. The van der Waals surface area contributed by atoms with Crippen LogP contribution in [-0.2, 0) is 0 Å². The summed E-state index contributed by atoms with van der Waals surface area (Å²) in [6, 6.07) is 5.21. The number of hydrogen-bond donors (Lipinski definition) is 1. The number of nitrogens with zero attached hydrogens (tertiary/aromatic N) is 2. The average Bonchev–Trinajstić information content (AvgIpc) is 2.43. The van der Waals surface area contributed by atoms with E-state index in [1.165, 1.54) is 6.20 Å². The summed E-state index contributed by atoms with van der Waals surface area (Å²) < 4.78 is 14.6. The number of aromatic nitrogens is 1. The SMILES string of the molecule is CC1CN(c2ccc3c(Cl)ccnc3c2F)CCC1O. The molecule has 20 heavy (non-hydrogen) atoms. The van der Waals surface area contributed by atoms with Crippen LogP contribution >= 0.6 is 11.6 Å². The van der Waals surface area contributed by atoms with Crippen molar-refractivity contribution in [3.8, 4) is 0 Å². The van der Waals surface area contributed by atoms with Gasteiger partial charge in [-0.3, -0.25) is 4.98 Å². The monoisotopic (exact) mass is 294 g/mol. The molecule has 1 aliphatic rings. The second-order valence-electron chi connectivity index (χ2n) is 5.37. The summed E-state index contributed by atoms with van der Waals surface area (Å²) in [4.78, 5) is 6.06. The van der Waals surface area contributed by atoms with E-state index in [9.17, 15) is 9.50 Å². The summed E-state index contributed by atoms with van der Waals surface area (Å²) in [5.74, 6) is -0.209. The molecule has 1 fully saturated rings. The van der Waals surface area contributed by atoms with Crippen molar-refractivity contribution in [3.05, 3.63) is 35.2 Å². The number of aliphatic hydroxyl groups is 1. The van der Waals surface area contributed by atoms with Crippen molar-refractivity contribution in [2.45, 2.75) is 19.4 Å². The van der Waals surface area contributed by atoms with Gasteiger partial charge < -0.3 is 10.0 Å². The van der Waals surface area contributed by atoms with Gasteiger partial charge in [-0.25, -0.2) is 4.39 Å². The summed E-state index contributed by atoms with van der Waals surface area (Å²) in [7, 11) is 0. The van der Waals surface area contributed by atoms with Crippen molar-refractivity contribution in [2.75, 3.05) is 18.0 Å². The van der Waals surface area contributed by atoms with Gasteiger partial charge in [0.25, 0.3) is 0 Å². The van der Waals surface area contributed by atoms with Crippen molar-refractivity contribution >= 4 is 28.2 Å². The minimum Gasteiger partial charge on any atom is -0.393 e. The highest BCUT2D eigenvalue weighted by Gasteiger charge is 2.26. The first-order chi connectivity index (χ1) is 9.58. The second-order valence-corrected chi connectivity index (χ2v) is 5.77. The largest absolute Gasteiger partial charge is 0.393 e. The van der Waals surface area contributed by atoms with Crippen LogP contribution in [0.15, 0.2) is 24.4 Å². The van der Waals surface area contributed by atoms with Crippen molar-refractivity contribution in [2.24, 2.45) is 5.92 Å². The zero-order valence-corrected chi connectivity index (χ0v) is 11.9. The third-order valence-corrected chi connectivity index (χ3v) is 4.31. The number of aliphatic hydroxyl groups excluding tert-OH is 1. The summed E-state index contributed by atoms with van der Waals surface area (Å²) in [6.45, 7) is 3.27. The van der Waals surface area contributed by atoms with Crippen LogP contribution in [0.25, 0.3) is 10.9 Å². The van der Waals surface area contributed by atoms with Gasteiger partial charge in [0.2, 0.25) is 0 Å². The lowest BCUT2D eigenvalue weighted by Gasteiger charge is -2.36. The molecule has 2 unspecified atom stereocenters. The van der Waals surface area contributed by atoms with Crippen LogP contribution in [-0.4, -0.2) is 29.3 Å². The molecule has 3 nitrogen and oxygen atoms in total. The van der Waals surface area contributed by atoms with Crippen LogP contribution in [0, 0.1) is 11.7 Å². The third-order valence-electron chi connectivity index (χ3n) is 3.98. The fourth-order valence-corrected chi connectivity index (χ4v) is 2.94. The van der Waals surface area contributed by atoms with E-state index in [-0.39, 0.29) is 17.8 Å². The normalized spacial score (nSPS) is 23.3. The lowest BCUT2D eigenvalue weighted by molar-refractivity contribution is 0.0969. The Labute approximate surface area is 122 Å². The molecule has 0 bridgehead atoms. The number of hydrogen-bond acceptors (Lipinski definition) is 3. The average molecular weight is 295 g/mol. The number of piperidine rings is 1. The molecule has 1 saturated heterocycles. The molecule has 2 heterocycles. The van der Waals surface area contributed by atoms with Crippen molar-refractivity contribution in [3.63, 3.8) is 0 Å². The number of benzene rings is 1. The zero-order valence-electron chi connectivity index (χ0n) is 11.2. The van der Waals surface area contributed by atoms with E-state index >= 15 is 0 Å². The Kier molecular flexibility index (Phi) is 3.52. The standard InChI is InChI=1S/C15H16ClFN2O/c1-9-8-19(7-5-13(9)20)12-3-2-10-11(16)4-6-18-15(10)14(12)17/h2-4,6,9,13,20H,5,7-8H2,1H3. The van der Waals surface area contributed by atoms with Gasteiger partial charge in [0.05, 0.1) is 16.8 Å². The first-order valence-corrected chi connectivity index (χ1v) is 7.11. The predicted molar refractivity (Wildman–Crippen MR) is 78.7 cm³/mol. The van der Waals surface area contributed by atoms with Gasteiger partial charge in [-0.05, 0) is 30.5 Å². The molecule has 2 aromatic rings. The van der Waals surface area contributed by atoms with Crippen LogP contribution in [0.1, 0.15) is 13.3 Å². The molecular weight excluding hydrogens is 279 g/mol. The first kappa shape index (κ1) is 13.6. The van der Waals surface area contributed by atoms with Gasteiger partial charge in [-0.2, -0.15) is 0 Å². The number of pyridine rings is 1. The molecule has 0 saturated carbocycles. The Morgan fingerprint density at radius 1 is 1.40 bits per heavy atom. The molecule has 3 rings (SSSR count). The van der Waals surface area contributed by atoms with E-state index in [4.69, 9.17) is 11.6 Å². The predicted octanol–water partition coefficient (Wildman–Crippen LogP) is 3.23. The van der Waals surface area contributed by atoms with Crippen LogP contribution in [0.2, 0.25) is 5.02 Å². The van der Waals surface area contributed by atoms with E-state index in [0.717, 1.165) is 0 Å². The quantitative estimate of drug-likeness (QED) is 0.877. The number of fused-ring (bicyclic) bond motifs is 1. The summed E-state index contributed by atoms with van der Waals surface area (Å²) in [5.41, 5.74) is 0.833. The van der Waals surface area contributed by atoms with Crippen molar-refractivity contribution in [1.82, 2.24) is 4.98 Å². The van der Waals surface area contributed by atoms with E-state index in [1.807, 2.05) is 11.8 Å². The summed E-state index contributed by atoms with van der Waals surface area (Å²) in [5, 5.41) is 10.9. The Balaban J connectivity index is 2.03. The van der Waals surface area contributed by atoms with Crippen LogP contribution < -0.4 is 4.90 Å². The Morgan fingerprint density at radius 2 is 2.20 bits per heavy atom. The maximum Gasteiger partial charge on any atom is 0.172 e. The van der Waals surface area contributed by atoms with Gasteiger partial charge in [0.15, 0.2) is 5.82 Å². The lowest BCUT2D eigenvalue weighted by atomic mass is 9.96. The molecule has 1 aromatic carbocycles. The molecule has 2 atom stereocenters. The van der Waals surface area contributed by atoms with Crippen LogP contribution in [0.3, 0.4) is 0 Å². The minimum atomic E-state index is -0.339. The van der Waals surface area contributed by atoms with E-state index in [2.05, 4.69) is 4.98 Å². The molecule has 106 valence electrons. The molecule has 5 heteroatoms. The molecule has 0 radical (unpaired) electrons. The van der Waals surface area contributed by atoms with Gasteiger partial charge in [0.1, 0.15) is 5.52 Å². The molecule has 0 spiro atoms. The second kappa shape index (κ2) is 5.19. The molecule has 1 aromatic heterocycles. The lowest BCUT2D eigenvalue weighted by Crippen LogP contribution is -2.42. The number of anilines is 1. The fraction of sp³-hybridized carbons (Fsp3) is 0.400. The number of halogens is 2. The van der Waals surface area contributed by atoms with Crippen molar-refractivity contribution < 1.29 is 9.50 Å². The van der Waals surface area contributed by atoms with Crippen LogP contribution in [0.5, 0.6) is 0 Å². The molecule has 1 aliphatic heterocycles. The molecular formula is C15H16ClFN2O. The highest BCUT2D eigenvalue weighted by Crippen LogP contribution is 2.32. The smallest absolute Gasteiger partial charge is 0.172 e. The Bertz CT molecular complexity index is 649.